The number of ketones is 1. The van der Waals surface area contributed by atoms with Crippen LogP contribution in [0.15, 0.2) is 60.7 Å². The minimum atomic E-state index is 0.236. The largest absolute Gasteiger partial charge is 0.293 e. The highest BCUT2D eigenvalue weighted by Crippen LogP contribution is 2.01. The summed E-state index contributed by atoms with van der Waals surface area (Å²) in [6.07, 6.45) is 19.8. The van der Waals surface area contributed by atoms with Crippen LogP contribution in [0.1, 0.15) is 33.1 Å². The summed E-state index contributed by atoms with van der Waals surface area (Å²) >= 11 is 0. The molecule has 1 aromatic rings. The van der Waals surface area contributed by atoms with Crippen molar-refractivity contribution >= 4 is 5.78 Å². The first-order valence-corrected chi connectivity index (χ1v) is 7.03. The summed E-state index contributed by atoms with van der Waals surface area (Å²) in [5.74, 6) is 0.236. The Kier molecular flexibility index (Phi) is 7.89. The van der Waals surface area contributed by atoms with Gasteiger partial charge in [-0.05, 0) is 19.8 Å². The van der Waals surface area contributed by atoms with E-state index in [-0.39, 0.29) is 5.78 Å². The van der Waals surface area contributed by atoms with Gasteiger partial charge in [-0.3, -0.25) is 9.78 Å². The van der Waals surface area contributed by atoms with E-state index in [2.05, 4.69) is 37.1 Å². The fourth-order valence-electron chi connectivity index (χ4n) is 1.69. The van der Waals surface area contributed by atoms with Crippen molar-refractivity contribution in [3.63, 3.8) is 0 Å². The monoisotopic (exact) mass is 271 g/mol. The summed E-state index contributed by atoms with van der Waals surface area (Å²) in [5, 5.41) is 0. The van der Waals surface area contributed by atoms with Gasteiger partial charge < -0.3 is 0 Å². The number of rotatable bonds is 8. The zero-order chi connectivity index (χ0) is 14.6. The molecule has 0 aromatic carbocycles. The molecule has 20 heavy (non-hydrogen) atoms. The lowest BCUT2D eigenvalue weighted by molar-refractivity contribution is -0.684. The first-order valence-electron chi connectivity index (χ1n) is 7.03. The summed E-state index contributed by atoms with van der Waals surface area (Å²) in [5.41, 5.74) is 1.19. The molecule has 0 spiro atoms. The van der Waals surface area contributed by atoms with Crippen LogP contribution in [-0.2, 0) is 11.3 Å². The minimum absolute atomic E-state index is 0.236. The average molecular weight is 271 g/mol. The number of hydrogen-bond acceptors (Lipinski definition) is 2. The van der Waals surface area contributed by atoms with Gasteiger partial charge in [-0.15, -0.1) is 0 Å². The maximum atomic E-state index is 11.8. The molecular formula is C17H23N2O+. The Morgan fingerprint density at radius 3 is 2.70 bits per heavy atom. The fraction of sp³-hybridized carbons (Fsp3) is 0.353. The van der Waals surface area contributed by atoms with Crippen LogP contribution < -0.4 is 4.57 Å². The smallest absolute Gasteiger partial charge is 0.206 e. The van der Waals surface area contributed by atoms with E-state index in [4.69, 9.17) is 0 Å². The Morgan fingerprint density at radius 2 is 2.00 bits per heavy atom. The molecule has 3 nitrogen and oxygen atoms in total. The highest BCUT2D eigenvalue weighted by Gasteiger charge is 2.07. The molecule has 1 rings (SSSR count). The number of nitrogens with zero attached hydrogens (tertiary/aromatic N) is 2. The third kappa shape index (κ3) is 7.41. The van der Waals surface area contributed by atoms with E-state index in [1.54, 1.807) is 12.4 Å². The molecule has 0 aliphatic carbocycles. The van der Waals surface area contributed by atoms with Gasteiger partial charge in [-0.25, -0.2) is 0 Å². The molecule has 0 atom stereocenters. The van der Waals surface area contributed by atoms with Crippen LogP contribution in [0.4, 0.5) is 0 Å². The van der Waals surface area contributed by atoms with Crippen LogP contribution in [0.25, 0.3) is 0 Å². The minimum Gasteiger partial charge on any atom is -0.293 e. The Labute approximate surface area is 121 Å². The molecule has 0 bridgehead atoms. The third-order valence-electron chi connectivity index (χ3n) is 2.78. The second-order valence-corrected chi connectivity index (χ2v) is 4.64. The Morgan fingerprint density at radius 1 is 1.25 bits per heavy atom. The molecule has 0 aliphatic heterocycles. The molecule has 0 saturated carbocycles. The van der Waals surface area contributed by atoms with Crippen molar-refractivity contribution in [1.82, 2.24) is 4.98 Å². The molecule has 0 unspecified atom stereocenters. The summed E-state index contributed by atoms with van der Waals surface area (Å²) in [7, 11) is 0. The summed E-state index contributed by atoms with van der Waals surface area (Å²) < 4.78 is 1.85. The molecule has 3 heteroatoms. The van der Waals surface area contributed by atoms with Crippen molar-refractivity contribution in [3.05, 3.63) is 60.7 Å². The molecule has 1 heterocycles. The van der Waals surface area contributed by atoms with E-state index in [1.165, 1.54) is 5.57 Å². The maximum absolute atomic E-state index is 11.8. The van der Waals surface area contributed by atoms with Gasteiger partial charge in [0.25, 0.3) is 0 Å². The lowest BCUT2D eigenvalue weighted by Gasteiger charge is -1.96. The van der Waals surface area contributed by atoms with Gasteiger partial charge in [-0.1, -0.05) is 42.9 Å². The van der Waals surface area contributed by atoms with Crippen molar-refractivity contribution < 1.29 is 9.36 Å². The molecule has 0 N–H and O–H groups in total. The third-order valence-corrected chi connectivity index (χ3v) is 2.78. The SMILES string of the molecule is CC\C=C/C=C\C(C)=C\CCC(=O)C[n+]1ccncc1. The van der Waals surface area contributed by atoms with E-state index in [0.717, 1.165) is 12.8 Å². The van der Waals surface area contributed by atoms with Gasteiger partial charge in [0.2, 0.25) is 6.54 Å². The normalized spacial score (nSPS) is 12.4. The standard InChI is InChI=1S/C17H23N2O/c1-3-4-5-6-8-16(2)9-7-10-17(20)15-19-13-11-18-12-14-19/h4-6,8-9,11-14H,3,7,10,15H2,1-2H3/q+1/b5-4-,8-6-,16-9+. The van der Waals surface area contributed by atoms with Crippen molar-refractivity contribution in [2.45, 2.75) is 39.7 Å². The predicted octanol–water partition coefficient (Wildman–Crippen LogP) is 3.19. The molecular weight excluding hydrogens is 248 g/mol. The van der Waals surface area contributed by atoms with Crippen LogP contribution in [0, 0.1) is 0 Å². The van der Waals surface area contributed by atoms with Crippen molar-refractivity contribution in [2.24, 2.45) is 0 Å². The van der Waals surface area contributed by atoms with Gasteiger partial charge in [0.05, 0.1) is 12.4 Å². The van der Waals surface area contributed by atoms with Crippen LogP contribution >= 0.6 is 0 Å². The highest BCUT2D eigenvalue weighted by atomic mass is 16.1. The summed E-state index contributed by atoms with van der Waals surface area (Å²) in [4.78, 5) is 15.7. The highest BCUT2D eigenvalue weighted by molar-refractivity contribution is 5.77. The van der Waals surface area contributed by atoms with Crippen LogP contribution in [0.5, 0.6) is 0 Å². The van der Waals surface area contributed by atoms with Crippen molar-refractivity contribution in [1.29, 1.82) is 0 Å². The van der Waals surface area contributed by atoms with Crippen LogP contribution in [-0.4, -0.2) is 10.8 Å². The second kappa shape index (κ2) is 9.84. The quantitative estimate of drug-likeness (QED) is 0.537. The lowest BCUT2D eigenvalue weighted by Crippen LogP contribution is -2.36. The number of aromatic nitrogens is 2. The van der Waals surface area contributed by atoms with Crippen molar-refractivity contribution in [2.75, 3.05) is 0 Å². The molecule has 0 radical (unpaired) electrons. The second-order valence-electron chi connectivity index (χ2n) is 4.64. The summed E-state index contributed by atoms with van der Waals surface area (Å²) in [6, 6.07) is 0. The van der Waals surface area contributed by atoms with E-state index in [9.17, 15) is 4.79 Å². The molecule has 0 amide bonds. The first kappa shape index (κ1) is 16.0. The molecule has 106 valence electrons. The Hall–Kier alpha value is -2.03. The molecule has 1 aromatic heterocycles. The molecule has 0 saturated heterocycles. The zero-order valence-corrected chi connectivity index (χ0v) is 12.3. The number of carbonyl (C=O) groups excluding carboxylic acids is 1. The predicted molar refractivity (Wildman–Crippen MR) is 81.0 cm³/mol. The van der Waals surface area contributed by atoms with Crippen molar-refractivity contribution in [3.8, 4) is 0 Å². The Bertz CT molecular complexity index is 487. The molecule has 0 aliphatic rings. The number of allylic oxidation sites excluding steroid dienone is 6. The van der Waals surface area contributed by atoms with Gasteiger partial charge >= 0.3 is 0 Å². The number of carbonyl (C=O) groups is 1. The van der Waals surface area contributed by atoms with Gasteiger partial charge in [0, 0.05) is 6.42 Å². The maximum Gasteiger partial charge on any atom is 0.206 e. The van der Waals surface area contributed by atoms with E-state index < -0.39 is 0 Å². The summed E-state index contributed by atoms with van der Waals surface area (Å²) in [6.45, 7) is 4.59. The average Bonchev–Trinajstić information content (AvgIpc) is 2.45. The lowest BCUT2D eigenvalue weighted by atomic mass is 10.1. The van der Waals surface area contributed by atoms with Crippen LogP contribution in [0.2, 0.25) is 0 Å². The van der Waals surface area contributed by atoms with Gasteiger partial charge in [-0.2, -0.15) is 4.57 Å². The number of hydrogen-bond donors (Lipinski definition) is 0. The topological polar surface area (TPSA) is 33.8 Å². The zero-order valence-electron chi connectivity index (χ0n) is 12.3. The first-order chi connectivity index (χ1) is 9.72. The van der Waals surface area contributed by atoms with E-state index in [0.29, 0.717) is 13.0 Å². The van der Waals surface area contributed by atoms with E-state index in [1.807, 2.05) is 29.1 Å². The number of Topliss-reactive ketones (excluding diaryl/α,β-unsaturated/α-hetero) is 1. The molecule has 0 fully saturated rings. The van der Waals surface area contributed by atoms with Gasteiger partial charge in [0.15, 0.2) is 18.2 Å². The fourth-order valence-corrected chi connectivity index (χ4v) is 1.69. The van der Waals surface area contributed by atoms with Gasteiger partial charge in [0.1, 0.15) is 0 Å². The van der Waals surface area contributed by atoms with Crippen LogP contribution in [0.3, 0.4) is 0 Å². The Balaban J connectivity index is 2.30. The van der Waals surface area contributed by atoms with E-state index >= 15 is 0 Å².